The Morgan fingerprint density at radius 1 is 1.40 bits per heavy atom. The molecule has 0 atom stereocenters. The highest BCUT2D eigenvalue weighted by Crippen LogP contribution is 2.28. The van der Waals surface area contributed by atoms with Gasteiger partial charge >= 0.3 is 0 Å². The second kappa shape index (κ2) is 9.15. The molecule has 0 aliphatic carbocycles. The molecule has 0 amide bonds. The first-order chi connectivity index (χ1) is 9.67. The molecule has 20 heavy (non-hydrogen) atoms. The van der Waals surface area contributed by atoms with Crippen molar-refractivity contribution in [3.05, 3.63) is 54.3 Å². The van der Waals surface area contributed by atoms with E-state index in [2.05, 4.69) is 30.5 Å². The topological polar surface area (TPSA) is 58.3 Å². The second-order valence-electron chi connectivity index (χ2n) is 4.14. The maximum absolute atomic E-state index is 9.42. The lowest BCUT2D eigenvalue weighted by Gasteiger charge is -2.03. The van der Waals surface area contributed by atoms with Gasteiger partial charge in [-0.2, -0.15) is 0 Å². The predicted octanol–water partition coefficient (Wildman–Crippen LogP) is 3.69. The lowest BCUT2D eigenvalue weighted by atomic mass is 10.3. The number of benzene rings is 1. The van der Waals surface area contributed by atoms with Crippen molar-refractivity contribution in [3.63, 3.8) is 0 Å². The number of phenolic OH excluding ortho intramolecular Hbond substituents is 1. The Kier molecular flexibility index (Phi) is 7.43. The maximum atomic E-state index is 9.42. The molecule has 3 nitrogen and oxygen atoms in total. The summed E-state index contributed by atoms with van der Waals surface area (Å²) in [5.74, 6) is 1.05. The van der Waals surface area contributed by atoms with Gasteiger partial charge in [0, 0.05) is 29.1 Å². The van der Waals surface area contributed by atoms with Crippen LogP contribution in [0.15, 0.2) is 59.2 Å². The van der Waals surface area contributed by atoms with E-state index in [1.165, 1.54) is 0 Å². The number of hydrogen-bond donors (Lipinski definition) is 3. The van der Waals surface area contributed by atoms with E-state index in [0.29, 0.717) is 5.69 Å². The number of hydrogen-bond acceptors (Lipinski definition) is 4. The molecule has 4 heteroatoms. The van der Waals surface area contributed by atoms with Crippen LogP contribution in [0.3, 0.4) is 0 Å². The lowest BCUT2D eigenvalue weighted by molar-refractivity contribution is 0.474. The molecule has 4 N–H and O–H groups in total. The molecule has 0 aliphatic heterocycles. The van der Waals surface area contributed by atoms with Crippen LogP contribution in [0.5, 0.6) is 5.75 Å². The fourth-order valence-electron chi connectivity index (χ4n) is 1.48. The highest BCUT2D eigenvalue weighted by atomic mass is 32.2. The van der Waals surface area contributed by atoms with Crippen molar-refractivity contribution in [1.29, 1.82) is 0 Å². The van der Waals surface area contributed by atoms with E-state index in [9.17, 15) is 5.11 Å². The normalized spacial score (nSPS) is 12.4. The number of nitrogens with two attached hydrogens (primary N) is 1. The van der Waals surface area contributed by atoms with Crippen LogP contribution < -0.4 is 11.1 Å². The van der Waals surface area contributed by atoms with Crippen LogP contribution in [0.4, 0.5) is 5.69 Å². The summed E-state index contributed by atoms with van der Waals surface area (Å²) >= 11 is 1.60. The first-order valence-corrected chi connectivity index (χ1v) is 7.58. The predicted molar refractivity (Wildman–Crippen MR) is 89.0 cm³/mol. The molecule has 0 radical (unpaired) electrons. The molecule has 0 heterocycles. The molecule has 1 aromatic carbocycles. The Labute approximate surface area is 125 Å². The summed E-state index contributed by atoms with van der Waals surface area (Å²) in [7, 11) is 1.90. The number of aromatic hydroxyl groups is 1. The van der Waals surface area contributed by atoms with Crippen LogP contribution in [0.1, 0.15) is 13.3 Å². The maximum Gasteiger partial charge on any atom is 0.116 e. The van der Waals surface area contributed by atoms with E-state index in [1.807, 2.05) is 19.2 Å². The molecule has 108 valence electrons. The third-order valence-electron chi connectivity index (χ3n) is 2.57. The Balaban J connectivity index is 2.51. The van der Waals surface area contributed by atoms with Gasteiger partial charge in [-0.05, 0) is 36.8 Å². The number of phenols is 1. The number of thioether (sulfide) groups is 1. The van der Waals surface area contributed by atoms with Gasteiger partial charge in [0.15, 0.2) is 0 Å². The number of rotatable bonds is 7. The molecular weight excluding hydrogens is 268 g/mol. The Bertz CT molecular complexity index is 507. The van der Waals surface area contributed by atoms with Crippen LogP contribution in [-0.4, -0.2) is 17.9 Å². The highest BCUT2D eigenvalue weighted by Gasteiger charge is 1.99. The van der Waals surface area contributed by atoms with Crippen LogP contribution in [-0.2, 0) is 0 Å². The van der Waals surface area contributed by atoms with Gasteiger partial charge in [-0.3, -0.25) is 0 Å². The monoisotopic (exact) mass is 290 g/mol. The van der Waals surface area contributed by atoms with Gasteiger partial charge in [-0.15, -0.1) is 11.8 Å². The molecule has 0 aromatic heterocycles. The second-order valence-corrected chi connectivity index (χ2v) is 5.21. The van der Waals surface area contributed by atoms with Gasteiger partial charge in [0.2, 0.25) is 0 Å². The largest absolute Gasteiger partial charge is 0.508 e. The molecule has 0 aliphatic rings. The standard InChI is InChI=1S/C16H22N2OS/c1-3-4-7-13(18-2)8-5-6-11-20-16-12-14(19)9-10-15(16)17/h4-10,12,18-19H,3,11,17H2,1-2H3/b6-5+,7-4-,13-8+. The Morgan fingerprint density at radius 3 is 2.90 bits per heavy atom. The smallest absolute Gasteiger partial charge is 0.116 e. The van der Waals surface area contributed by atoms with Crippen LogP contribution >= 0.6 is 11.8 Å². The van der Waals surface area contributed by atoms with E-state index in [0.717, 1.165) is 22.8 Å². The summed E-state index contributed by atoms with van der Waals surface area (Å²) < 4.78 is 0. The zero-order valence-corrected chi connectivity index (χ0v) is 12.8. The van der Waals surface area contributed by atoms with E-state index in [4.69, 9.17) is 5.73 Å². The Hall–Kier alpha value is -1.81. The van der Waals surface area contributed by atoms with Gasteiger partial charge in [0.1, 0.15) is 5.75 Å². The van der Waals surface area contributed by atoms with Crippen LogP contribution in [0.2, 0.25) is 0 Å². The number of likely N-dealkylation sites (N-methyl/N-ethyl adjacent to an activating group) is 1. The minimum atomic E-state index is 0.243. The number of nitrogen functional groups attached to an aromatic ring is 1. The van der Waals surface area contributed by atoms with E-state index < -0.39 is 0 Å². The first-order valence-electron chi connectivity index (χ1n) is 6.59. The summed E-state index contributed by atoms with van der Waals surface area (Å²) in [5, 5.41) is 12.5. The molecule has 0 spiro atoms. The highest BCUT2D eigenvalue weighted by molar-refractivity contribution is 7.99. The first kappa shape index (κ1) is 16.2. The van der Waals surface area contributed by atoms with Gasteiger partial charge in [-0.25, -0.2) is 0 Å². The van der Waals surface area contributed by atoms with Crippen molar-refractivity contribution in [2.45, 2.75) is 18.2 Å². The van der Waals surface area contributed by atoms with Gasteiger partial charge in [-0.1, -0.05) is 25.2 Å². The average Bonchev–Trinajstić information content (AvgIpc) is 2.45. The summed E-state index contributed by atoms with van der Waals surface area (Å²) in [5.41, 5.74) is 7.61. The minimum Gasteiger partial charge on any atom is -0.508 e. The van der Waals surface area contributed by atoms with Crippen molar-refractivity contribution in [3.8, 4) is 5.75 Å². The Morgan fingerprint density at radius 2 is 2.20 bits per heavy atom. The van der Waals surface area contributed by atoms with Crippen LogP contribution in [0.25, 0.3) is 0 Å². The van der Waals surface area contributed by atoms with Crippen molar-refractivity contribution in [1.82, 2.24) is 5.32 Å². The zero-order chi connectivity index (χ0) is 14.8. The molecular formula is C16H22N2OS. The molecule has 1 rings (SSSR count). The summed E-state index contributed by atoms with van der Waals surface area (Å²) in [6.45, 7) is 2.11. The quantitative estimate of drug-likeness (QED) is 0.310. The molecule has 1 aromatic rings. The third-order valence-corrected chi connectivity index (χ3v) is 3.59. The van der Waals surface area contributed by atoms with E-state index >= 15 is 0 Å². The fourth-order valence-corrected chi connectivity index (χ4v) is 2.31. The number of allylic oxidation sites excluding steroid dienone is 4. The molecule has 0 saturated carbocycles. The molecule has 0 unspecified atom stereocenters. The van der Waals surface area contributed by atoms with E-state index in [1.54, 1.807) is 30.0 Å². The lowest BCUT2D eigenvalue weighted by Crippen LogP contribution is -2.02. The summed E-state index contributed by atoms with van der Waals surface area (Å²) in [6.07, 6.45) is 11.3. The van der Waals surface area contributed by atoms with Crippen molar-refractivity contribution >= 4 is 17.4 Å². The van der Waals surface area contributed by atoms with Gasteiger partial charge < -0.3 is 16.2 Å². The van der Waals surface area contributed by atoms with Gasteiger partial charge in [0.05, 0.1) is 0 Å². The van der Waals surface area contributed by atoms with Crippen molar-refractivity contribution in [2.75, 3.05) is 18.5 Å². The molecule has 0 bridgehead atoms. The van der Waals surface area contributed by atoms with Crippen LogP contribution in [0, 0.1) is 0 Å². The summed E-state index contributed by atoms with van der Waals surface area (Å²) in [6, 6.07) is 5.00. The fraction of sp³-hybridized carbons (Fsp3) is 0.250. The average molecular weight is 290 g/mol. The molecule has 0 saturated heterocycles. The number of anilines is 1. The minimum absolute atomic E-state index is 0.243. The van der Waals surface area contributed by atoms with E-state index in [-0.39, 0.29) is 5.75 Å². The SMILES string of the molecule is CC\C=C/C(=C\C=C\CSc1cc(O)ccc1N)NC. The van der Waals surface area contributed by atoms with Crippen molar-refractivity contribution < 1.29 is 5.11 Å². The van der Waals surface area contributed by atoms with Crippen molar-refractivity contribution in [2.24, 2.45) is 0 Å². The molecule has 0 fully saturated rings. The third kappa shape index (κ3) is 5.89. The summed E-state index contributed by atoms with van der Waals surface area (Å²) in [4.78, 5) is 0.901. The zero-order valence-electron chi connectivity index (χ0n) is 12.0. The van der Waals surface area contributed by atoms with Gasteiger partial charge in [0.25, 0.3) is 0 Å². The number of nitrogens with one attached hydrogen (secondary N) is 1.